The molecule has 0 aliphatic heterocycles. The van der Waals surface area contributed by atoms with E-state index in [4.69, 9.17) is 4.74 Å². The lowest BCUT2D eigenvalue weighted by molar-refractivity contribution is 0.0353. The van der Waals surface area contributed by atoms with E-state index in [0.29, 0.717) is 17.7 Å². The van der Waals surface area contributed by atoms with Gasteiger partial charge in [-0.05, 0) is 51.5 Å². The molecular weight excluding hydrogens is 386 g/mol. The van der Waals surface area contributed by atoms with Crippen molar-refractivity contribution in [3.8, 4) is 5.75 Å². The fourth-order valence-electron chi connectivity index (χ4n) is 2.89. The quantitative estimate of drug-likeness (QED) is 0.598. The van der Waals surface area contributed by atoms with Gasteiger partial charge >= 0.3 is 5.97 Å². The number of pyridine rings is 1. The number of hydrogen-bond donors (Lipinski definition) is 1. The number of esters is 1. The molecule has 0 aliphatic rings. The second kappa shape index (κ2) is 9.39. The van der Waals surface area contributed by atoms with Gasteiger partial charge in [-0.3, -0.25) is 20.0 Å². The third-order valence-corrected chi connectivity index (χ3v) is 4.44. The molecule has 0 radical (unpaired) electrons. The van der Waals surface area contributed by atoms with Crippen molar-refractivity contribution in [2.75, 3.05) is 14.2 Å². The van der Waals surface area contributed by atoms with Gasteiger partial charge in [0.25, 0.3) is 11.8 Å². The van der Waals surface area contributed by atoms with Gasteiger partial charge in [0, 0.05) is 17.3 Å². The van der Waals surface area contributed by atoms with Crippen LogP contribution < -0.4 is 10.2 Å². The van der Waals surface area contributed by atoms with Crippen molar-refractivity contribution >= 4 is 17.8 Å². The molecule has 1 N–H and O–H groups in total. The summed E-state index contributed by atoms with van der Waals surface area (Å²) in [6.07, 6.45) is 1.85. The Morgan fingerprint density at radius 2 is 1.80 bits per heavy atom. The largest absolute Gasteiger partial charge is 0.496 e. The minimum Gasteiger partial charge on any atom is -0.496 e. The monoisotopic (exact) mass is 413 g/mol. The SMILES string of the molecule is CCc1c(OC)cccc1C(=O)NN(C(=O)c1ccc(C(=O)OC)cn1)C(C)(C)C. The average molecular weight is 413 g/mol. The zero-order valence-corrected chi connectivity index (χ0v) is 18.1. The number of aromatic nitrogens is 1. The van der Waals surface area contributed by atoms with Crippen LogP contribution in [0.2, 0.25) is 0 Å². The number of benzene rings is 1. The zero-order chi connectivity index (χ0) is 22.5. The normalized spacial score (nSPS) is 10.9. The summed E-state index contributed by atoms with van der Waals surface area (Å²) < 4.78 is 9.99. The van der Waals surface area contributed by atoms with Crippen LogP contribution >= 0.6 is 0 Å². The highest BCUT2D eigenvalue weighted by Gasteiger charge is 2.31. The highest BCUT2D eigenvalue weighted by Crippen LogP contribution is 2.23. The van der Waals surface area contributed by atoms with Gasteiger partial charge in [-0.2, -0.15) is 0 Å². The van der Waals surface area contributed by atoms with Crippen LogP contribution in [0.5, 0.6) is 5.75 Å². The Morgan fingerprint density at radius 1 is 1.10 bits per heavy atom. The van der Waals surface area contributed by atoms with Crippen LogP contribution in [0.15, 0.2) is 36.5 Å². The van der Waals surface area contributed by atoms with E-state index in [1.54, 1.807) is 46.1 Å². The van der Waals surface area contributed by atoms with Crippen molar-refractivity contribution in [1.29, 1.82) is 0 Å². The van der Waals surface area contributed by atoms with Gasteiger partial charge in [0.1, 0.15) is 11.4 Å². The number of carbonyl (C=O) groups excluding carboxylic acids is 3. The van der Waals surface area contributed by atoms with Gasteiger partial charge in [0.15, 0.2) is 0 Å². The Bertz CT molecular complexity index is 933. The maximum Gasteiger partial charge on any atom is 0.339 e. The molecule has 30 heavy (non-hydrogen) atoms. The lowest BCUT2D eigenvalue weighted by Gasteiger charge is -2.35. The molecule has 0 aliphatic carbocycles. The third kappa shape index (κ3) is 4.94. The first-order chi connectivity index (χ1) is 14.1. The Morgan fingerprint density at radius 3 is 2.30 bits per heavy atom. The van der Waals surface area contributed by atoms with Crippen LogP contribution in [-0.4, -0.2) is 47.5 Å². The van der Waals surface area contributed by atoms with Crippen molar-refractivity contribution in [1.82, 2.24) is 15.4 Å². The first-order valence-corrected chi connectivity index (χ1v) is 9.49. The number of nitrogens with zero attached hydrogens (tertiary/aromatic N) is 2. The highest BCUT2D eigenvalue weighted by molar-refractivity contribution is 6.00. The summed E-state index contributed by atoms with van der Waals surface area (Å²) in [5.41, 5.74) is 3.45. The highest BCUT2D eigenvalue weighted by atomic mass is 16.5. The second-order valence-corrected chi connectivity index (χ2v) is 7.52. The molecule has 0 spiro atoms. The van der Waals surface area contributed by atoms with E-state index in [2.05, 4.69) is 15.1 Å². The molecule has 0 saturated carbocycles. The molecule has 8 heteroatoms. The number of carbonyl (C=O) groups is 3. The maximum absolute atomic E-state index is 13.1. The second-order valence-electron chi connectivity index (χ2n) is 7.52. The Hall–Kier alpha value is -3.42. The maximum atomic E-state index is 13.1. The number of hydrazine groups is 1. The minimum absolute atomic E-state index is 0.0826. The molecule has 1 heterocycles. The van der Waals surface area contributed by atoms with Crippen LogP contribution in [0.4, 0.5) is 0 Å². The molecule has 0 unspecified atom stereocenters. The molecular formula is C22H27N3O5. The molecule has 0 saturated heterocycles. The number of hydrogen-bond acceptors (Lipinski definition) is 6. The predicted octanol–water partition coefficient (Wildman–Crippen LogP) is 3.02. The van der Waals surface area contributed by atoms with Crippen LogP contribution in [0.1, 0.15) is 64.5 Å². The van der Waals surface area contributed by atoms with Gasteiger partial charge in [0.2, 0.25) is 0 Å². The van der Waals surface area contributed by atoms with E-state index in [-0.39, 0.29) is 11.3 Å². The summed E-state index contributed by atoms with van der Waals surface area (Å²) in [4.78, 5) is 41.8. The number of methoxy groups -OCH3 is 2. The van der Waals surface area contributed by atoms with Crippen LogP contribution in [0.25, 0.3) is 0 Å². The number of nitrogens with one attached hydrogen (secondary N) is 1. The number of rotatable bonds is 5. The first kappa shape index (κ1) is 22.9. The lowest BCUT2D eigenvalue weighted by Crippen LogP contribution is -2.56. The molecule has 2 aromatic rings. The van der Waals surface area contributed by atoms with Gasteiger partial charge in [-0.25, -0.2) is 9.80 Å². The summed E-state index contributed by atoms with van der Waals surface area (Å²) in [6.45, 7) is 7.30. The van der Waals surface area contributed by atoms with Crippen molar-refractivity contribution in [2.45, 2.75) is 39.7 Å². The minimum atomic E-state index is -0.735. The van der Waals surface area contributed by atoms with Crippen molar-refractivity contribution < 1.29 is 23.9 Å². The number of amides is 2. The average Bonchev–Trinajstić information content (AvgIpc) is 2.74. The predicted molar refractivity (Wildman–Crippen MR) is 111 cm³/mol. The van der Waals surface area contributed by atoms with E-state index in [1.807, 2.05) is 6.92 Å². The smallest absolute Gasteiger partial charge is 0.339 e. The van der Waals surface area contributed by atoms with E-state index in [0.717, 1.165) is 5.56 Å². The van der Waals surface area contributed by atoms with E-state index < -0.39 is 23.3 Å². The summed E-state index contributed by atoms with van der Waals surface area (Å²) >= 11 is 0. The molecule has 160 valence electrons. The zero-order valence-electron chi connectivity index (χ0n) is 18.1. The fraction of sp³-hybridized carbons (Fsp3) is 0.364. The van der Waals surface area contributed by atoms with Crippen LogP contribution in [0.3, 0.4) is 0 Å². The summed E-state index contributed by atoms with van der Waals surface area (Å²) in [6, 6.07) is 8.07. The van der Waals surface area contributed by atoms with Crippen LogP contribution in [0, 0.1) is 0 Å². The molecule has 2 rings (SSSR count). The Balaban J connectivity index is 2.34. The Kier molecular flexibility index (Phi) is 7.15. The molecule has 0 fully saturated rings. The summed E-state index contributed by atoms with van der Waals surface area (Å²) in [5.74, 6) is -0.875. The molecule has 0 atom stereocenters. The number of ether oxygens (including phenoxy) is 2. The van der Waals surface area contributed by atoms with E-state index >= 15 is 0 Å². The van der Waals surface area contributed by atoms with Crippen molar-refractivity contribution in [3.05, 3.63) is 58.9 Å². The fourth-order valence-corrected chi connectivity index (χ4v) is 2.89. The van der Waals surface area contributed by atoms with E-state index in [1.165, 1.54) is 30.4 Å². The molecule has 1 aromatic heterocycles. The summed E-state index contributed by atoms with van der Waals surface area (Å²) in [5, 5.41) is 1.23. The molecule has 2 amide bonds. The standard InChI is InChI=1S/C22H27N3O5/c1-7-15-16(9-8-10-18(15)29-5)19(26)24-25(22(2,3)4)20(27)17-12-11-14(13-23-17)21(28)30-6/h8-13H,7H2,1-6H3,(H,24,26). The lowest BCUT2D eigenvalue weighted by atomic mass is 10.0. The van der Waals surface area contributed by atoms with Crippen LogP contribution in [-0.2, 0) is 11.2 Å². The molecule has 0 bridgehead atoms. The van der Waals surface area contributed by atoms with Gasteiger partial charge < -0.3 is 9.47 Å². The van der Waals surface area contributed by atoms with Crippen molar-refractivity contribution in [3.63, 3.8) is 0 Å². The third-order valence-electron chi connectivity index (χ3n) is 4.44. The Labute approximate surface area is 176 Å². The van der Waals surface area contributed by atoms with Gasteiger partial charge in [-0.15, -0.1) is 0 Å². The van der Waals surface area contributed by atoms with E-state index in [9.17, 15) is 14.4 Å². The summed E-state index contributed by atoms with van der Waals surface area (Å²) in [7, 11) is 2.81. The van der Waals surface area contributed by atoms with Crippen molar-refractivity contribution in [2.24, 2.45) is 0 Å². The van der Waals surface area contributed by atoms with Gasteiger partial charge in [-0.1, -0.05) is 13.0 Å². The molecule has 8 nitrogen and oxygen atoms in total. The molecule has 1 aromatic carbocycles. The van der Waals surface area contributed by atoms with Gasteiger partial charge in [0.05, 0.1) is 25.3 Å². The first-order valence-electron chi connectivity index (χ1n) is 9.49. The topological polar surface area (TPSA) is 97.8 Å².